The first-order valence-electron chi connectivity index (χ1n) is 7.81. The SMILES string of the molecule is CSc1ccc(Oc2cccc(OCc3ccccc3C#N)c2)cc1. The summed E-state index contributed by atoms with van der Waals surface area (Å²) in [6, 6.07) is 25.0. The lowest BCUT2D eigenvalue weighted by Gasteiger charge is -2.10. The first-order valence-corrected chi connectivity index (χ1v) is 9.04. The van der Waals surface area contributed by atoms with E-state index in [1.54, 1.807) is 17.8 Å². The molecule has 0 amide bonds. The first-order chi connectivity index (χ1) is 12.3. The second-order valence-electron chi connectivity index (χ2n) is 5.31. The second kappa shape index (κ2) is 8.27. The van der Waals surface area contributed by atoms with Crippen LogP contribution in [-0.4, -0.2) is 6.26 Å². The minimum atomic E-state index is 0.343. The number of nitriles is 1. The number of rotatable bonds is 6. The van der Waals surface area contributed by atoms with Crippen LogP contribution in [0.3, 0.4) is 0 Å². The van der Waals surface area contributed by atoms with Crippen molar-refractivity contribution in [3.05, 3.63) is 83.9 Å². The summed E-state index contributed by atoms with van der Waals surface area (Å²) >= 11 is 1.70. The summed E-state index contributed by atoms with van der Waals surface area (Å²) in [6.07, 6.45) is 2.04. The smallest absolute Gasteiger partial charge is 0.131 e. The Morgan fingerprint density at radius 1 is 0.880 bits per heavy atom. The molecule has 124 valence electrons. The molecule has 0 bridgehead atoms. The van der Waals surface area contributed by atoms with Crippen LogP contribution in [0.1, 0.15) is 11.1 Å². The lowest BCUT2D eigenvalue weighted by Crippen LogP contribution is -1.98. The summed E-state index contributed by atoms with van der Waals surface area (Å²) in [6.45, 7) is 0.343. The van der Waals surface area contributed by atoms with Gasteiger partial charge in [-0.1, -0.05) is 24.3 Å². The third-order valence-corrected chi connectivity index (χ3v) is 4.38. The van der Waals surface area contributed by atoms with Gasteiger partial charge in [0.1, 0.15) is 23.9 Å². The van der Waals surface area contributed by atoms with E-state index >= 15 is 0 Å². The van der Waals surface area contributed by atoms with Gasteiger partial charge in [-0.25, -0.2) is 0 Å². The van der Waals surface area contributed by atoms with E-state index in [0.717, 1.165) is 11.3 Å². The van der Waals surface area contributed by atoms with Gasteiger partial charge in [0.05, 0.1) is 11.6 Å². The average Bonchev–Trinajstić information content (AvgIpc) is 2.67. The van der Waals surface area contributed by atoms with Gasteiger partial charge in [-0.05, 0) is 48.7 Å². The molecule has 0 saturated heterocycles. The van der Waals surface area contributed by atoms with Crippen LogP contribution in [-0.2, 0) is 6.61 Å². The molecule has 0 aliphatic carbocycles. The fourth-order valence-electron chi connectivity index (χ4n) is 2.32. The zero-order valence-electron chi connectivity index (χ0n) is 13.8. The molecule has 0 N–H and O–H groups in total. The number of hydrogen-bond donors (Lipinski definition) is 0. The summed E-state index contributed by atoms with van der Waals surface area (Å²) < 4.78 is 11.7. The van der Waals surface area contributed by atoms with E-state index in [1.807, 2.05) is 73.0 Å². The first kappa shape index (κ1) is 16.9. The van der Waals surface area contributed by atoms with E-state index in [1.165, 1.54) is 4.90 Å². The molecule has 0 saturated carbocycles. The zero-order chi connectivity index (χ0) is 17.5. The maximum absolute atomic E-state index is 9.13. The van der Waals surface area contributed by atoms with Crippen molar-refractivity contribution in [2.24, 2.45) is 0 Å². The topological polar surface area (TPSA) is 42.2 Å². The van der Waals surface area contributed by atoms with Crippen molar-refractivity contribution in [3.8, 4) is 23.3 Å². The molecule has 0 atom stereocenters. The third-order valence-electron chi connectivity index (χ3n) is 3.63. The van der Waals surface area contributed by atoms with Gasteiger partial charge in [0, 0.05) is 16.5 Å². The highest BCUT2D eigenvalue weighted by atomic mass is 32.2. The zero-order valence-corrected chi connectivity index (χ0v) is 14.6. The number of nitrogens with zero attached hydrogens (tertiary/aromatic N) is 1. The highest BCUT2D eigenvalue weighted by Gasteiger charge is 2.04. The minimum Gasteiger partial charge on any atom is -0.489 e. The Bertz CT molecular complexity index is 885. The summed E-state index contributed by atoms with van der Waals surface area (Å²) in [5, 5.41) is 9.13. The molecule has 0 unspecified atom stereocenters. The van der Waals surface area contributed by atoms with Crippen LogP contribution in [0.15, 0.2) is 77.7 Å². The fourth-order valence-corrected chi connectivity index (χ4v) is 2.73. The van der Waals surface area contributed by atoms with Gasteiger partial charge in [0.15, 0.2) is 0 Å². The van der Waals surface area contributed by atoms with E-state index in [2.05, 4.69) is 6.07 Å². The van der Waals surface area contributed by atoms with E-state index in [-0.39, 0.29) is 0 Å². The molecule has 4 heteroatoms. The largest absolute Gasteiger partial charge is 0.489 e. The summed E-state index contributed by atoms with van der Waals surface area (Å²) in [5.41, 5.74) is 1.49. The number of benzene rings is 3. The quantitative estimate of drug-likeness (QED) is 0.540. The molecule has 0 aliphatic heterocycles. The Kier molecular flexibility index (Phi) is 5.61. The molecule has 3 aromatic carbocycles. The van der Waals surface area contributed by atoms with Gasteiger partial charge < -0.3 is 9.47 Å². The Hall–Kier alpha value is -2.90. The lowest BCUT2D eigenvalue weighted by molar-refractivity contribution is 0.304. The Morgan fingerprint density at radius 3 is 2.40 bits per heavy atom. The van der Waals surface area contributed by atoms with Gasteiger partial charge in [-0.15, -0.1) is 11.8 Å². The van der Waals surface area contributed by atoms with Crippen molar-refractivity contribution in [2.45, 2.75) is 11.5 Å². The van der Waals surface area contributed by atoms with Crippen LogP contribution in [0, 0.1) is 11.3 Å². The number of hydrogen-bond acceptors (Lipinski definition) is 4. The normalized spacial score (nSPS) is 10.1. The number of ether oxygens (including phenoxy) is 2. The molecule has 0 aliphatic rings. The fraction of sp³-hybridized carbons (Fsp3) is 0.0952. The van der Waals surface area contributed by atoms with Crippen molar-refractivity contribution < 1.29 is 9.47 Å². The highest BCUT2D eigenvalue weighted by molar-refractivity contribution is 7.98. The minimum absolute atomic E-state index is 0.343. The molecule has 0 aromatic heterocycles. The Labute approximate surface area is 151 Å². The summed E-state index contributed by atoms with van der Waals surface area (Å²) in [5.74, 6) is 2.19. The molecule has 3 aromatic rings. The molecule has 0 heterocycles. The van der Waals surface area contributed by atoms with Gasteiger partial charge >= 0.3 is 0 Å². The average molecular weight is 347 g/mol. The van der Waals surface area contributed by atoms with Gasteiger partial charge in [-0.2, -0.15) is 5.26 Å². The molecular weight excluding hydrogens is 330 g/mol. The van der Waals surface area contributed by atoms with Crippen LogP contribution in [0.25, 0.3) is 0 Å². The van der Waals surface area contributed by atoms with Crippen molar-refractivity contribution in [3.63, 3.8) is 0 Å². The van der Waals surface area contributed by atoms with Gasteiger partial charge in [-0.3, -0.25) is 0 Å². The van der Waals surface area contributed by atoms with E-state index in [0.29, 0.717) is 23.7 Å². The van der Waals surface area contributed by atoms with Gasteiger partial charge in [0.2, 0.25) is 0 Å². The highest BCUT2D eigenvalue weighted by Crippen LogP contribution is 2.27. The predicted molar refractivity (Wildman–Crippen MR) is 100 cm³/mol. The van der Waals surface area contributed by atoms with Crippen molar-refractivity contribution in [1.82, 2.24) is 0 Å². The molecule has 0 fully saturated rings. The van der Waals surface area contributed by atoms with Crippen LogP contribution in [0.5, 0.6) is 17.2 Å². The maximum Gasteiger partial charge on any atom is 0.131 e. The van der Waals surface area contributed by atoms with E-state index in [9.17, 15) is 0 Å². The molecule has 25 heavy (non-hydrogen) atoms. The Morgan fingerprint density at radius 2 is 1.64 bits per heavy atom. The predicted octanol–water partition coefficient (Wildman–Crippen LogP) is 5.65. The third kappa shape index (κ3) is 4.56. The van der Waals surface area contributed by atoms with Crippen molar-refractivity contribution in [2.75, 3.05) is 6.26 Å². The molecule has 0 radical (unpaired) electrons. The second-order valence-corrected chi connectivity index (χ2v) is 6.19. The maximum atomic E-state index is 9.13. The van der Waals surface area contributed by atoms with Crippen LogP contribution >= 0.6 is 11.8 Å². The Balaban J connectivity index is 1.67. The molecule has 3 rings (SSSR count). The lowest BCUT2D eigenvalue weighted by atomic mass is 10.1. The van der Waals surface area contributed by atoms with Crippen LogP contribution in [0.2, 0.25) is 0 Å². The van der Waals surface area contributed by atoms with E-state index in [4.69, 9.17) is 14.7 Å². The standard InChI is InChI=1S/C21H17NO2S/c1-25-21-11-9-18(10-12-21)24-20-8-4-7-19(13-20)23-15-17-6-3-2-5-16(17)14-22/h2-13H,15H2,1H3. The van der Waals surface area contributed by atoms with Crippen molar-refractivity contribution in [1.29, 1.82) is 5.26 Å². The molecule has 0 spiro atoms. The monoisotopic (exact) mass is 347 g/mol. The molecule has 3 nitrogen and oxygen atoms in total. The van der Waals surface area contributed by atoms with Crippen LogP contribution < -0.4 is 9.47 Å². The summed E-state index contributed by atoms with van der Waals surface area (Å²) in [4.78, 5) is 1.19. The summed E-state index contributed by atoms with van der Waals surface area (Å²) in [7, 11) is 0. The van der Waals surface area contributed by atoms with Crippen molar-refractivity contribution >= 4 is 11.8 Å². The van der Waals surface area contributed by atoms with Gasteiger partial charge in [0.25, 0.3) is 0 Å². The van der Waals surface area contributed by atoms with E-state index < -0.39 is 0 Å². The number of thioether (sulfide) groups is 1. The molecular formula is C21H17NO2S. The van der Waals surface area contributed by atoms with Crippen LogP contribution in [0.4, 0.5) is 0 Å².